The van der Waals surface area contributed by atoms with Gasteiger partial charge in [0.1, 0.15) is 0 Å². The highest BCUT2D eigenvalue weighted by atomic mass is 16.5. The Hall–Kier alpha value is -1.58. The summed E-state index contributed by atoms with van der Waals surface area (Å²) in [5, 5.41) is 0. The van der Waals surface area contributed by atoms with Gasteiger partial charge in [0.15, 0.2) is 0 Å². The van der Waals surface area contributed by atoms with Gasteiger partial charge >= 0.3 is 11.9 Å². The molecule has 0 bridgehead atoms. The van der Waals surface area contributed by atoms with Crippen molar-refractivity contribution < 1.29 is 19.1 Å². The summed E-state index contributed by atoms with van der Waals surface area (Å²) in [6.07, 6.45) is 4.24. The Morgan fingerprint density at radius 2 is 1.36 bits per heavy atom. The molecule has 0 unspecified atom stereocenters. The SMILES string of the molecule is COC(=O)C1=CC=C(C(=O)OC)CC1. The van der Waals surface area contributed by atoms with Crippen LogP contribution in [0.1, 0.15) is 12.8 Å². The topological polar surface area (TPSA) is 52.6 Å². The van der Waals surface area contributed by atoms with Crippen molar-refractivity contribution in [2.45, 2.75) is 12.8 Å². The largest absolute Gasteiger partial charge is 0.466 e. The van der Waals surface area contributed by atoms with Crippen molar-refractivity contribution >= 4 is 11.9 Å². The van der Waals surface area contributed by atoms with E-state index in [9.17, 15) is 9.59 Å². The number of hydrogen-bond donors (Lipinski definition) is 0. The first kappa shape index (κ1) is 10.5. The van der Waals surface area contributed by atoms with E-state index in [-0.39, 0.29) is 11.9 Å². The molecule has 0 amide bonds. The van der Waals surface area contributed by atoms with Crippen LogP contribution in [-0.2, 0) is 19.1 Å². The van der Waals surface area contributed by atoms with E-state index in [1.165, 1.54) is 14.2 Å². The molecule has 0 aromatic rings. The van der Waals surface area contributed by atoms with Gasteiger partial charge in [0.05, 0.1) is 14.2 Å². The number of esters is 2. The molecule has 0 saturated heterocycles. The number of allylic oxidation sites excluding steroid dienone is 2. The molecule has 0 aromatic heterocycles. The van der Waals surface area contributed by atoms with Crippen LogP contribution in [0.25, 0.3) is 0 Å². The van der Waals surface area contributed by atoms with Gasteiger partial charge in [-0.15, -0.1) is 0 Å². The zero-order chi connectivity index (χ0) is 10.6. The number of carbonyl (C=O) groups excluding carboxylic acids is 2. The average molecular weight is 196 g/mol. The van der Waals surface area contributed by atoms with Gasteiger partial charge < -0.3 is 9.47 Å². The van der Waals surface area contributed by atoms with Gasteiger partial charge in [0, 0.05) is 11.1 Å². The fourth-order valence-electron chi connectivity index (χ4n) is 1.24. The molecule has 0 radical (unpaired) electrons. The Bertz CT molecular complexity index is 280. The Labute approximate surface area is 82.2 Å². The smallest absolute Gasteiger partial charge is 0.333 e. The fourth-order valence-corrected chi connectivity index (χ4v) is 1.24. The standard InChI is InChI=1S/C10H12O4/c1-13-9(11)7-3-5-8(6-4-7)10(12)14-2/h3,5H,4,6H2,1-2H3. The van der Waals surface area contributed by atoms with Crippen LogP contribution in [-0.4, -0.2) is 26.2 Å². The molecule has 0 spiro atoms. The van der Waals surface area contributed by atoms with Crippen LogP contribution in [0.5, 0.6) is 0 Å². The Kier molecular flexibility index (Phi) is 3.45. The predicted octanol–water partition coefficient (Wildman–Crippen LogP) is 0.979. The average Bonchev–Trinajstić information content (AvgIpc) is 2.27. The number of carbonyl (C=O) groups is 2. The predicted molar refractivity (Wildman–Crippen MR) is 49.4 cm³/mol. The molecule has 0 aliphatic heterocycles. The lowest BCUT2D eigenvalue weighted by Crippen LogP contribution is -2.11. The van der Waals surface area contributed by atoms with Gasteiger partial charge in [-0.05, 0) is 12.8 Å². The van der Waals surface area contributed by atoms with Crippen LogP contribution in [0.2, 0.25) is 0 Å². The molecular weight excluding hydrogens is 184 g/mol. The molecule has 76 valence electrons. The van der Waals surface area contributed by atoms with E-state index in [1.807, 2.05) is 0 Å². The van der Waals surface area contributed by atoms with E-state index in [2.05, 4.69) is 9.47 Å². The van der Waals surface area contributed by atoms with Crippen molar-refractivity contribution in [3.8, 4) is 0 Å². The lowest BCUT2D eigenvalue weighted by molar-refractivity contribution is -0.137. The molecule has 0 N–H and O–H groups in total. The summed E-state index contributed by atoms with van der Waals surface area (Å²) < 4.78 is 9.12. The number of rotatable bonds is 2. The van der Waals surface area contributed by atoms with Crippen molar-refractivity contribution in [3.05, 3.63) is 23.3 Å². The molecule has 4 nitrogen and oxygen atoms in total. The van der Waals surface area contributed by atoms with E-state index >= 15 is 0 Å². The molecule has 1 aliphatic rings. The van der Waals surface area contributed by atoms with Crippen molar-refractivity contribution in [2.24, 2.45) is 0 Å². The van der Waals surface area contributed by atoms with E-state index in [4.69, 9.17) is 0 Å². The van der Waals surface area contributed by atoms with Crippen molar-refractivity contribution in [1.29, 1.82) is 0 Å². The molecule has 1 aliphatic carbocycles. The maximum atomic E-state index is 11.1. The Balaban J connectivity index is 2.73. The third-order valence-electron chi connectivity index (χ3n) is 2.04. The number of ether oxygens (including phenoxy) is 2. The normalized spacial score (nSPS) is 15.3. The maximum Gasteiger partial charge on any atom is 0.333 e. The minimum Gasteiger partial charge on any atom is -0.466 e. The maximum absolute atomic E-state index is 11.1. The third-order valence-corrected chi connectivity index (χ3v) is 2.04. The number of hydrogen-bond acceptors (Lipinski definition) is 4. The van der Waals surface area contributed by atoms with E-state index < -0.39 is 0 Å². The molecule has 1 rings (SSSR count). The molecular formula is C10H12O4. The molecule has 0 atom stereocenters. The van der Waals surface area contributed by atoms with Crippen molar-refractivity contribution in [3.63, 3.8) is 0 Å². The Morgan fingerprint density at radius 1 is 1.00 bits per heavy atom. The highest BCUT2D eigenvalue weighted by Gasteiger charge is 2.17. The highest BCUT2D eigenvalue weighted by molar-refractivity contribution is 5.93. The summed E-state index contributed by atoms with van der Waals surface area (Å²) in [4.78, 5) is 22.2. The first-order valence-corrected chi connectivity index (χ1v) is 4.25. The number of methoxy groups -OCH3 is 2. The summed E-state index contributed by atoms with van der Waals surface area (Å²) >= 11 is 0. The molecule has 0 saturated carbocycles. The lowest BCUT2D eigenvalue weighted by Gasteiger charge is -2.11. The second-order valence-corrected chi connectivity index (χ2v) is 2.87. The van der Waals surface area contributed by atoms with E-state index in [0.717, 1.165) is 0 Å². The first-order chi connectivity index (χ1) is 6.69. The molecule has 14 heavy (non-hydrogen) atoms. The van der Waals surface area contributed by atoms with Gasteiger partial charge in [-0.3, -0.25) is 0 Å². The van der Waals surface area contributed by atoms with Gasteiger partial charge in [0.2, 0.25) is 0 Å². The molecule has 0 fully saturated rings. The summed E-state index contributed by atoms with van der Waals surface area (Å²) in [6, 6.07) is 0. The quantitative estimate of drug-likeness (QED) is 0.618. The molecule has 4 heteroatoms. The fraction of sp³-hybridized carbons (Fsp3) is 0.400. The van der Waals surface area contributed by atoms with Crippen molar-refractivity contribution in [1.82, 2.24) is 0 Å². The minimum atomic E-state index is -0.342. The van der Waals surface area contributed by atoms with Crippen LogP contribution in [0, 0.1) is 0 Å². The second-order valence-electron chi connectivity index (χ2n) is 2.87. The van der Waals surface area contributed by atoms with E-state index in [1.54, 1.807) is 12.2 Å². The van der Waals surface area contributed by atoms with Gasteiger partial charge in [0.25, 0.3) is 0 Å². The highest BCUT2D eigenvalue weighted by Crippen LogP contribution is 2.19. The lowest BCUT2D eigenvalue weighted by atomic mass is 9.98. The summed E-state index contributed by atoms with van der Waals surface area (Å²) in [5.74, 6) is -0.685. The van der Waals surface area contributed by atoms with Gasteiger partial charge in [-0.1, -0.05) is 12.2 Å². The Morgan fingerprint density at radius 3 is 1.57 bits per heavy atom. The third kappa shape index (κ3) is 2.22. The zero-order valence-electron chi connectivity index (χ0n) is 8.20. The summed E-state index contributed by atoms with van der Waals surface area (Å²) in [7, 11) is 2.67. The van der Waals surface area contributed by atoms with Crippen LogP contribution in [0.15, 0.2) is 23.3 Å². The van der Waals surface area contributed by atoms with Crippen molar-refractivity contribution in [2.75, 3.05) is 14.2 Å². The van der Waals surface area contributed by atoms with Gasteiger partial charge in [-0.25, -0.2) is 9.59 Å². The second kappa shape index (κ2) is 4.60. The summed E-state index contributed by atoms with van der Waals surface area (Å²) in [5.41, 5.74) is 1.17. The first-order valence-electron chi connectivity index (χ1n) is 4.25. The van der Waals surface area contributed by atoms with Gasteiger partial charge in [-0.2, -0.15) is 0 Å². The van der Waals surface area contributed by atoms with Crippen LogP contribution in [0.3, 0.4) is 0 Å². The van der Waals surface area contributed by atoms with Crippen LogP contribution in [0.4, 0.5) is 0 Å². The van der Waals surface area contributed by atoms with Crippen LogP contribution >= 0.6 is 0 Å². The summed E-state index contributed by atoms with van der Waals surface area (Å²) in [6.45, 7) is 0. The minimum absolute atomic E-state index is 0.342. The molecule has 0 aromatic carbocycles. The monoisotopic (exact) mass is 196 g/mol. The van der Waals surface area contributed by atoms with E-state index in [0.29, 0.717) is 24.0 Å². The van der Waals surface area contributed by atoms with Crippen LogP contribution < -0.4 is 0 Å². The zero-order valence-corrected chi connectivity index (χ0v) is 8.20. The molecule has 0 heterocycles.